The lowest BCUT2D eigenvalue weighted by Crippen LogP contribution is -2.30. The van der Waals surface area contributed by atoms with Crippen LogP contribution in [0.4, 0.5) is 8.78 Å². The lowest BCUT2D eigenvalue weighted by Gasteiger charge is -2.26. The average Bonchev–Trinajstić information content (AvgIpc) is 2.39. The Bertz CT molecular complexity index is 429. The van der Waals surface area contributed by atoms with E-state index in [4.69, 9.17) is 11.6 Å². The minimum Gasteiger partial charge on any atom is -0.229 e. The third-order valence-electron chi connectivity index (χ3n) is 2.69. The second-order valence-corrected chi connectivity index (χ2v) is 4.13. The van der Waals surface area contributed by atoms with Gasteiger partial charge in [0.25, 0.3) is 0 Å². The molecular weight excluding hydrogens is 242 g/mol. The first-order valence-corrected chi connectivity index (χ1v) is 5.67. The van der Waals surface area contributed by atoms with Crippen LogP contribution >= 0.6 is 11.6 Å². The fourth-order valence-electron chi connectivity index (χ4n) is 1.78. The lowest BCUT2D eigenvalue weighted by molar-refractivity contribution is 0.139. The van der Waals surface area contributed by atoms with Gasteiger partial charge in [-0.1, -0.05) is 72.3 Å². The highest BCUT2D eigenvalue weighted by molar-refractivity contribution is 6.20. The van der Waals surface area contributed by atoms with Crippen molar-refractivity contribution in [3.05, 3.63) is 71.8 Å². The average molecular weight is 253 g/mol. The second kappa shape index (κ2) is 4.84. The van der Waals surface area contributed by atoms with E-state index < -0.39 is 11.3 Å². The topological polar surface area (TPSA) is 0 Å². The first-order valence-electron chi connectivity index (χ1n) is 5.24. The molecular formula is C14H11ClF2. The van der Waals surface area contributed by atoms with Crippen LogP contribution < -0.4 is 0 Å². The van der Waals surface area contributed by atoms with Crippen molar-refractivity contribution in [1.29, 1.82) is 0 Å². The van der Waals surface area contributed by atoms with Gasteiger partial charge in [0.1, 0.15) is 0 Å². The molecule has 2 rings (SSSR count). The smallest absolute Gasteiger partial charge is 0.215 e. The molecule has 0 spiro atoms. The number of hydrogen-bond donors (Lipinski definition) is 0. The van der Waals surface area contributed by atoms with Gasteiger partial charge in [-0.2, -0.15) is 0 Å². The fraction of sp³-hybridized carbons (Fsp3) is 0.143. The molecule has 0 aromatic heterocycles. The summed E-state index contributed by atoms with van der Waals surface area (Å²) in [6.45, 7) is 0. The van der Waals surface area contributed by atoms with Crippen molar-refractivity contribution in [2.24, 2.45) is 0 Å². The number of hydrogen-bond acceptors (Lipinski definition) is 0. The van der Waals surface area contributed by atoms with E-state index in [9.17, 15) is 8.78 Å². The molecule has 17 heavy (non-hydrogen) atoms. The van der Waals surface area contributed by atoms with Gasteiger partial charge in [-0.15, -0.1) is 0 Å². The summed E-state index contributed by atoms with van der Waals surface area (Å²) in [6.07, 6.45) is 0. The van der Waals surface area contributed by atoms with Crippen LogP contribution in [0.1, 0.15) is 11.1 Å². The predicted octanol–water partition coefficient (Wildman–Crippen LogP) is 4.43. The molecule has 3 heteroatoms. The summed E-state index contributed by atoms with van der Waals surface area (Å²) in [5.41, 5.74) is -4.01. The molecule has 1 atom stereocenters. The van der Waals surface area contributed by atoms with E-state index in [1.807, 2.05) is 0 Å². The summed E-state index contributed by atoms with van der Waals surface area (Å²) in [4.78, 5) is 0. The largest absolute Gasteiger partial charge is 0.229 e. The Hall–Kier alpha value is -1.41. The quantitative estimate of drug-likeness (QED) is 0.709. The number of halogens is 3. The van der Waals surface area contributed by atoms with Crippen molar-refractivity contribution in [3.8, 4) is 0 Å². The van der Waals surface area contributed by atoms with E-state index >= 15 is 0 Å². The summed E-state index contributed by atoms with van der Waals surface area (Å²) in [7, 11) is 0. The molecule has 1 unspecified atom stereocenters. The molecule has 0 N–H and O–H groups in total. The molecule has 0 radical (unpaired) electrons. The van der Waals surface area contributed by atoms with Crippen molar-refractivity contribution < 1.29 is 8.78 Å². The van der Waals surface area contributed by atoms with Crippen LogP contribution in [-0.2, 0) is 5.67 Å². The maximum Gasteiger partial charge on any atom is 0.215 e. The van der Waals surface area contributed by atoms with Crippen molar-refractivity contribution in [2.45, 2.75) is 11.3 Å². The van der Waals surface area contributed by atoms with Crippen LogP contribution in [0.25, 0.3) is 0 Å². The van der Waals surface area contributed by atoms with Gasteiger partial charge in [0.05, 0.1) is 0 Å². The van der Waals surface area contributed by atoms with Crippen LogP contribution in [0, 0.1) is 0 Å². The molecule has 2 aromatic rings. The van der Waals surface area contributed by atoms with Gasteiger partial charge >= 0.3 is 0 Å². The molecule has 0 saturated heterocycles. The predicted molar refractivity (Wildman–Crippen MR) is 65.5 cm³/mol. The summed E-state index contributed by atoms with van der Waals surface area (Å²) < 4.78 is 28.4. The highest BCUT2D eigenvalue weighted by atomic mass is 35.5. The Balaban J connectivity index is 2.55. The number of rotatable bonds is 3. The maximum atomic E-state index is 14.9. The molecule has 0 saturated carbocycles. The Kier molecular flexibility index (Phi) is 3.43. The summed E-state index contributed by atoms with van der Waals surface area (Å²) >= 11 is 5.41. The molecule has 0 aliphatic rings. The molecule has 0 bridgehead atoms. The maximum absolute atomic E-state index is 14.9. The van der Waals surface area contributed by atoms with E-state index in [-0.39, 0.29) is 11.1 Å². The minimum absolute atomic E-state index is 0.216. The van der Waals surface area contributed by atoms with Gasteiger partial charge in [0.15, 0.2) is 0 Å². The number of benzene rings is 2. The SMILES string of the molecule is FC(Cl)C(F)(c1ccccc1)c1ccccc1. The summed E-state index contributed by atoms with van der Waals surface area (Å²) in [5.74, 6) is 0. The van der Waals surface area contributed by atoms with Crippen LogP contribution in [0.2, 0.25) is 0 Å². The zero-order valence-electron chi connectivity index (χ0n) is 8.98. The molecule has 0 heterocycles. The second-order valence-electron chi connectivity index (χ2n) is 3.74. The third-order valence-corrected chi connectivity index (χ3v) is 2.99. The first-order chi connectivity index (χ1) is 8.15. The Morgan fingerprint density at radius 1 is 0.824 bits per heavy atom. The molecule has 2 aromatic carbocycles. The Morgan fingerprint density at radius 3 is 1.47 bits per heavy atom. The van der Waals surface area contributed by atoms with Gasteiger partial charge in [0.2, 0.25) is 11.3 Å². The highest BCUT2D eigenvalue weighted by Crippen LogP contribution is 2.40. The zero-order chi connectivity index (χ0) is 12.3. The highest BCUT2D eigenvalue weighted by Gasteiger charge is 2.42. The van der Waals surface area contributed by atoms with E-state index in [1.165, 1.54) is 24.3 Å². The zero-order valence-corrected chi connectivity index (χ0v) is 9.74. The summed E-state index contributed by atoms with van der Waals surface area (Å²) in [5, 5.41) is 0. The van der Waals surface area contributed by atoms with Gasteiger partial charge in [-0.3, -0.25) is 0 Å². The van der Waals surface area contributed by atoms with E-state index in [2.05, 4.69) is 0 Å². The minimum atomic E-state index is -2.32. The van der Waals surface area contributed by atoms with Crippen molar-refractivity contribution in [3.63, 3.8) is 0 Å². The van der Waals surface area contributed by atoms with Crippen molar-refractivity contribution >= 4 is 11.6 Å². The first kappa shape index (κ1) is 12.1. The van der Waals surface area contributed by atoms with Crippen LogP contribution in [0.3, 0.4) is 0 Å². The van der Waals surface area contributed by atoms with Crippen LogP contribution in [0.5, 0.6) is 0 Å². The molecule has 88 valence electrons. The van der Waals surface area contributed by atoms with E-state index in [0.717, 1.165) is 0 Å². The van der Waals surface area contributed by atoms with Crippen LogP contribution in [0.15, 0.2) is 60.7 Å². The van der Waals surface area contributed by atoms with Crippen molar-refractivity contribution in [2.75, 3.05) is 0 Å². The lowest BCUT2D eigenvalue weighted by atomic mass is 9.89. The van der Waals surface area contributed by atoms with E-state index in [1.54, 1.807) is 36.4 Å². The third kappa shape index (κ3) is 2.18. The Labute approximate surface area is 104 Å². The normalized spacial score (nSPS) is 13.4. The molecule has 0 fully saturated rings. The fourth-order valence-corrected chi connectivity index (χ4v) is 2.03. The standard InChI is InChI=1S/C14H11ClF2/c15-13(16)14(17,11-7-3-1-4-8-11)12-9-5-2-6-10-12/h1-10,13H. The van der Waals surface area contributed by atoms with Gasteiger partial charge in [-0.25, -0.2) is 8.78 Å². The van der Waals surface area contributed by atoms with Gasteiger partial charge in [-0.05, 0) is 11.1 Å². The molecule has 0 aliphatic heterocycles. The monoisotopic (exact) mass is 252 g/mol. The van der Waals surface area contributed by atoms with Gasteiger partial charge in [0, 0.05) is 0 Å². The van der Waals surface area contributed by atoms with Crippen LogP contribution in [-0.4, -0.2) is 5.63 Å². The van der Waals surface area contributed by atoms with Crippen molar-refractivity contribution in [1.82, 2.24) is 0 Å². The molecule has 0 amide bonds. The number of alkyl halides is 3. The molecule has 0 aliphatic carbocycles. The Morgan fingerprint density at radius 2 is 1.18 bits per heavy atom. The van der Waals surface area contributed by atoms with E-state index in [0.29, 0.717) is 0 Å². The molecule has 0 nitrogen and oxygen atoms in total. The summed E-state index contributed by atoms with van der Waals surface area (Å²) in [6, 6.07) is 16.2. The van der Waals surface area contributed by atoms with Gasteiger partial charge < -0.3 is 0 Å².